The van der Waals surface area contributed by atoms with E-state index < -0.39 is 29.6 Å². The van der Waals surface area contributed by atoms with Gasteiger partial charge < -0.3 is 25.2 Å². The summed E-state index contributed by atoms with van der Waals surface area (Å²) in [5.41, 5.74) is 1.69. The van der Waals surface area contributed by atoms with Crippen LogP contribution >= 0.6 is 0 Å². The molecule has 1 aliphatic carbocycles. The van der Waals surface area contributed by atoms with Crippen LogP contribution in [0, 0.1) is 37.5 Å². The molecule has 0 radical (unpaired) electrons. The van der Waals surface area contributed by atoms with Gasteiger partial charge in [-0.15, -0.1) is 0 Å². The highest BCUT2D eigenvalue weighted by atomic mass is 16.5. The molecule has 8 nitrogen and oxygen atoms in total. The molecule has 42 heavy (non-hydrogen) atoms. The lowest BCUT2D eigenvalue weighted by atomic mass is 9.73. The molecule has 1 aromatic carbocycles. The molecule has 1 aromatic rings. The van der Waals surface area contributed by atoms with Crippen molar-refractivity contribution in [3.05, 3.63) is 41.5 Å². The van der Waals surface area contributed by atoms with Crippen LogP contribution < -0.4 is 10.6 Å². The summed E-state index contributed by atoms with van der Waals surface area (Å²) >= 11 is 0. The van der Waals surface area contributed by atoms with Gasteiger partial charge >= 0.3 is 0 Å². The van der Waals surface area contributed by atoms with Gasteiger partial charge in [0.25, 0.3) is 0 Å². The number of benzene rings is 1. The van der Waals surface area contributed by atoms with E-state index in [2.05, 4.69) is 49.3 Å². The number of rotatable bonds is 11. The van der Waals surface area contributed by atoms with Crippen molar-refractivity contribution in [3.8, 4) is 0 Å². The lowest BCUT2D eigenvalue weighted by Crippen LogP contribution is -2.58. The molecule has 5 rings (SSSR count). The Morgan fingerprint density at radius 1 is 1.02 bits per heavy atom. The standard InChI is InChI=1S/C34H50N4O4/c1-7-14-37(15-8-2)16-17-38-30(32(40)36-26-11-9-10-23(5)24(26)6)34-13-12-27(42-34)28(29(34)33(38)41)31(39)35-25-19-21(3)18-22(4)20-25/h12-13,18-20,23-24,26-30H,7-11,14-17H2,1-6H3,(H,35,39)(H,36,40)/t23-,24-,26-,27+,28-,29+,30+,34+/m1/s1. The molecule has 3 heterocycles. The lowest BCUT2D eigenvalue weighted by molar-refractivity contribution is -0.141. The number of amides is 3. The fraction of sp³-hybridized carbons (Fsp3) is 0.676. The Labute approximate surface area is 251 Å². The number of ether oxygens (including phenoxy) is 1. The third-order valence-corrected chi connectivity index (χ3v) is 10.2. The van der Waals surface area contributed by atoms with E-state index in [4.69, 9.17) is 4.74 Å². The number of nitrogens with zero attached hydrogens (tertiary/aromatic N) is 2. The van der Waals surface area contributed by atoms with Crippen LogP contribution in [0.3, 0.4) is 0 Å². The summed E-state index contributed by atoms with van der Waals surface area (Å²) in [6, 6.07) is 5.20. The highest BCUT2D eigenvalue weighted by molar-refractivity contribution is 6.02. The predicted molar refractivity (Wildman–Crippen MR) is 165 cm³/mol. The molecule has 2 bridgehead atoms. The minimum Gasteiger partial charge on any atom is -0.359 e. The fourth-order valence-corrected chi connectivity index (χ4v) is 8.04. The fourth-order valence-electron chi connectivity index (χ4n) is 8.04. The van der Waals surface area contributed by atoms with Crippen molar-refractivity contribution in [2.24, 2.45) is 23.7 Å². The van der Waals surface area contributed by atoms with Crippen LogP contribution in [-0.2, 0) is 19.1 Å². The summed E-state index contributed by atoms with van der Waals surface area (Å²) < 4.78 is 6.57. The zero-order chi connectivity index (χ0) is 30.2. The first-order chi connectivity index (χ1) is 20.1. The van der Waals surface area contributed by atoms with E-state index in [9.17, 15) is 14.4 Å². The molecule has 2 saturated heterocycles. The van der Waals surface area contributed by atoms with Crippen LogP contribution in [0.5, 0.6) is 0 Å². The SMILES string of the molecule is CCCN(CCC)CCN1C(=O)[C@@H]2[C@H](C(=O)Nc3cc(C)cc(C)c3)[C@@H]3C=C[C@@]2(O3)[C@@H]1C(=O)N[C@@H]1CCC[C@@H](C)[C@H]1C. The van der Waals surface area contributed by atoms with Crippen LogP contribution in [0.25, 0.3) is 0 Å². The molecule has 3 amide bonds. The molecule has 4 aliphatic rings. The summed E-state index contributed by atoms with van der Waals surface area (Å²) in [5.74, 6) is -1.08. The van der Waals surface area contributed by atoms with Crippen LogP contribution in [0.2, 0.25) is 0 Å². The van der Waals surface area contributed by atoms with Crippen molar-refractivity contribution in [2.75, 3.05) is 31.5 Å². The molecule has 230 valence electrons. The molecular weight excluding hydrogens is 528 g/mol. The molecule has 8 heteroatoms. The van der Waals surface area contributed by atoms with Crippen molar-refractivity contribution in [3.63, 3.8) is 0 Å². The maximum absolute atomic E-state index is 14.3. The van der Waals surface area contributed by atoms with Gasteiger partial charge in [-0.1, -0.05) is 58.8 Å². The number of likely N-dealkylation sites (tertiary alicyclic amines) is 1. The minimum atomic E-state index is -1.14. The second kappa shape index (κ2) is 12.5. The smallest absolute Gasteiger partial charge is 0.246 e. The molecule has 0 aromatic heterocycles. The van der Waals surface area contributed by atoms with Gasteiger partial charge in [0, 0.05) is 24.8 Å². The van der Waals surface area contributed by atoms with Crippen LogP contribution in [-0.4, -0.2) is 77.5 Å². The number of aryl methyl sites for hydroxylation is 2. The number of fused-ring (bicyclic) bond motifs is 1. The van der Waals surface area contributed by atoms with E-state index in [0.29, 0.717) is 30.6 Å². The second-order valence-electron chi connectivity index (χ2n) is 13.3. The Balaban J connectivity index is 1.43. The summed E-state index contributed by atoms with van der Waals surface area (Å²) in [7, 11) is 0. The predicted octanol–water partition coefficient (Wildman–Crippen LogP) is 4.46. The van der Waals surface area contributed by atoms with Gasteiger partial charge in [0.05, 0.1) is 17.9 Å². The Hall–Kier alpha value is -2.71. The third-order valence-electron chi connectivity index (χ3n) is 10.2. The first kappa shape index (κ1) is 30.7. The molecule has 3 aliphatic heterocycles. The zero-order valence-corrected chi connectivity index (χ0v) is 26.3. The van der Waals surface area contributed by atoms with Crippen LogP contribution in [0.4, 0.5) is 5.69 Å². The normalized spacial score (nSPS) is 33.4. The molecule has 8 atom stereocenters. The topological polar surface area (TPSA) is 91.0 Å². The van der Waals surface area contributed by atoms with E-state index in [1.54, 1.807) is 4.90 Å². The van der Waals surface area contributed by atoms with Crippen molar-refractivity contribution in [2.45, 2.75) is 97.4 Å². The maximum Gasteiger partial charge on any atom is 0.246 e. The monoisotopic (exact) mass is 578 g/mol. The van der Waals surface area contributed by atoms with Gasteiger partial charge in [-0.2, -0.15) is 0 Å². The average Bonchev–Trinajstić information content (AvgIpc) is 3.57. The number of nitrogens with one attached hydrogen (secondary N) is 2. The van der Waals surface area contributed by atoms with Gasteiger partial charge in [0.15, 0.2) is 0 Å². The zero-order valence-electron chi connectivity index (χ0n) is 26.3. The number of anilines is 1. The highest BCUT2D eigenvalue weighted by Crippen LogP contribution is 2.55. The van der Waals surface area contributed by atoms with Crippen LogP contribution in [0.1, 0.15) is 70.9 Å². The Morgan fingerprint density at radius 2 is 1.71 bits per heavy atom. The quantitative estimate of drug-likeness (QED) is 0.379. The maximum atomic E-state index is 14.3. The van der Waals surface area contributed by atoms with E-state index in [1.165, 1.54) is 6.42 Å². The summed E-state index contributed by atoms with van der Waals surface area (Å²) in [4.78, 5) is 46.5. The second-order valence-corrected chi connectivity index (χ2v) is 13.3. The van der Waals surface area contributed by atoms with Gasteiger partial charge in [0.2, 0.25) is 17.7 Å². The molecule has 0 unspecified atom stereocenters. The third kappa shape index (κ3) is 5.64. The number of hydrogen-bond acceptors (Lipinski definition) is 5. The lowest BCUT2D eigenvalue weighted by Gasteiger charge is -2.38. The number of hydrogen-bond donors (Lipinski definition) is 2. The summed E-state index contributed by atoms with van der Waals surface area (Å²) in [6.07, 6.45) is 8.51. The number of carbonyl (C=O) groups is 3. The molecule has 3 fully saturated rings. The Kier molecular flexibility index (Phi) is 9.14. The van der Waals surface area contributed by atoms with E-state index >= 15 is 0 Å². The molecule has 2 N–H and O–H groups in total. The molecular formula is C34H50N4O4. The van der Waals surface area contributed by atoms with Crippen LogP contribution in [0.15, 0.2) is 30.4 Å². The van der Waals surface area contributed by atoms with Gasteiger partial charge in [-0.3, -0.25) is 14.4 Å². The number of carbonyl (C=O) groups excluding carboxylic acids is 3. The largest absolute Gasteiger partial charge is 0.359 e. The van der Waals surface area contributed by atoms with E-state index in [1.807, 2.05) is 38.1 Å². The van der Waals surface area contributed by atoms with Crippen molar-refractivity contribution in [1.29, 1.82) is 0 Å². The van der Waals surface area contributed by atoms with Gasteiger partial charge in [-0.05, 0) is 81.3 Å². The Morgan fingerprint density at radius 3 is 2.38 bits per heavy atom. The molecule has 1 spiro atoms. The molecule has 1 saturated carbocycles. The van der Waals surface area contributed by atoms with E-state index in [-0.39, 0.29) is 23.8 Å². The summed E-state index contributed by atoms with van der Waals surface area (Å²) in [6.45, 7) is 15.8. The van der Waals surface area contributed by atoms with Gasteiger partial charge in [0.1, 0.15) is 11.6 Å². The van der Waals surface area contributed by atoms with E-state index in [0.717, 1.165) is 49.9 Å². The summed E-state index contributed by atoms with van der Waals surface area (Å²) in [5, 5.41) is 6.42. The van der Waals surface area contributed by atoms with Crippen molar-refractivity contribution < 1.29 is 19.1 Å². The first-order valence-corrected chi connectivity index (χ1v) is 16.2. The van der Waals surface area contributed by atoms with Crippen molar-refractivity contribution in [1.82, 2.24) is 15.1 Å². The first-order valence-electron chi connectivity index (χ1n) is 16.2. The Bertz CT molecular complexity index is 1190. The average molecular weight is 579 g/mol. The minimum absolute atomic E-state index is 0.0663. The highest BCUT2D eigenvalue weighted by Gasteiger charge is 2.72. The van der Waals surface area contributed by atoms with Gasteiger partial charge in [-0.25, -0.2) is 0 Å². The van der Waals surface area contributed by atoms with Crippen molar-refractivity contribution >= 4 is 23.4 Å².